The number of fused-ring (bicyclic) bond motifs is 1. The van der Waals surface area contributed by atoms with Crippen molar-refractivity contribution < 1.29 is 0 Å². The fraction of sp³-hybridized carbons (Fsp3) is 0.625. The van der Waals surface area contributed by atoms with E-state index in [2.05, 4.69) is 57.0 Å². The standard InChI is InChI=1S/C16H26N2/c1-12(2)18(4)16(11-17)10-9-13(3)14-7-5-6-8-15(14)16/h5-8,12-13H,9-11,17H2,1-4H3. The zero-order valence-electron chi connectivity index (χ0n) is 12.1. The van der Waals surface area contributed by atoms with Gasteiger partial charge in [0.25, 0.3) is 0 Å². The molecule has 0 aromatic heterocycles. The van der Waals surface area contributed by atoms with Crippen LogP contribution in [0.4, 0.5) is 0 Å². The van der Waals surface area contributed by atoms with Crippen molar-refractivity contribution in [3.05, 3.63) is 35.4 Å². The van der Waals surface area contributed by atoms with E-state index in [4.69, 9.17) is 5.73 Å². The predicted octanol–water partition coefficient (Wildman–Crippen LogP) is 3.08. The number of hydrogen-bond acceptors (Lipinski definition) is 2. The van der Waals surface area contributed by atoms with Gasteiger partial charge >= 0.3 is 0 Å². The molecule has 2 nitrogen and oxygen atoms in total. The second-order valence-electron chi connectivity index (χ2n) is 5.97. The van der Waals surface area contributed by atoms with Crippen molar-refractivity contribution in [1.82, 2.24) is 4.90 Å². The van der Waals surface area contributed by atoms with Crippen LogP contribution in [0, 0.1) is 0 Å². The van der Waals surface area contributed by atoms with Crippen LogP contribution in [-0.4, -0.2) is 24.5 Å². The van der Waals surface area contributed by atoms with E-state index >= 15 is 0 Å². The Labute approximate surface area is 111 Å². The third-order valence-corrected chi connectivity index (χ3v) is 4.77. The highest BCUT2D eigenvalue weighted by atomic mass is 15.2. The summed E-state index contributed by atoms with van der Waals surface area (Å²) in [5.74, 6) is 0.654. The van der Waals surface area contributed by atoms with Crippen LogP contribution in [0.25, 0.3) is 0 Å². The van der Waals surface area contributed by atoms with Crippen LogP contribution in [0.3, 0.4) is 0 Å². The first-order chi connectivity index (χ1) is 8.53. The molecule has 2 N–H and O–H groups in total. The van der Waals surface area contributed by atoms with Crippen LogP contribution < -0.4 is 5.73 Å². The smallest absolute Gasteiger partial charge is 0.0586 e. The summed E-state index contributed by atoms with van der Waals surface area (Å²) in [7, 11) is 2.21. The molecule has 0 spiro atoms. The summed E-state index contributed by atoms with van der Waals surface area (Å²) in [4.78, 5) is 2.46. The molecule has 1 aromatic rings. The van der Waals surface area contributed by atoms with Gasteiger partial charge in [0.1, 0.15) is 0 Å². The molecule has 0 saturated carbocycles. The molecule has 0 aliphatic heterocycles. The van der Waals surface area contributed by atoms with Crippen molar-refractivity contribution in [2.45, 2.75) is 51.1 Å². The number of hydrogen-bond donors (Lipinski definition) is 1. The van der Waals surface area contributed by atoms with E-state index in [9.17, 15) is 0 Å². The molecule has 1 aromatic carbocycles. The maximum absolute atomic E-state index is 6.20. The molecule has 0 fully saturated rings. The third-order valence-electron chi connectivity index (χ3n) is 4.77. The van der Waals surface area contributed by atoms with Crippen LogP contribution in [-0.2, 0) is 5.54 Å². The fourth-order valence-electron chi connectivity index (χ4n) is 3.31. The number of benzene rings is 1. The molecule has 2 atom stereocenters. The maximum Gasteiger partial charge on any atom is 0.0586 e. The topological polar surface area (TPSA) is 29.3 Å². The molecule has 2 unspecified atom stereocenters. The fourth-order valence-corrected chi connectivity index (χ4v) is 3.31. The molecule has 100 valence electrons. The summed E-state index contributed by atoms with van der Waals surface area (Å²) in [6, 6.07) is 9.36. The highest BCUT2D eigenvalue weighted by molar-refractivity contribution is 5.39. The Balaban J connectivity index is 2.53. The molecule has 2 rings (SSSR count). The Morgan fingerprint density at radius 2 is 2.06 bits per heavy atom. The Morgan fingerprint density at radius 3 is 2.67 bits per heavy atom. The van der Waals surface area contributed by atoms with Gasteiger partial charge in [-0.1, -0.05) is 31.2 Å². The van der Waals surface area contributed by atoms with Crippen LogP contribution in [0.2, 0.25) is 0 Å². The van der Waals surface area contributed by atoms with Gasteiger partial charge < -0.3 is 5.73 Å². The molecular formula is C16H26N2. The van der Waals surface area contributed by atoms with Gasteiger partial charge in [-0.05, 0) is 50.8 Å². The average Bonchev–Trinajstić information content (AvgIpc) is 2.39. The lowest BCUT2D eigenvalue weighted by atomic mass is 9.71. The first-order valence-corrected chi connectivity index (χ1v) is 7.05. The number of nitrogens with zero attached hydrogens (tertiary/aromatic N) is 1. The Hall–Kier alpha value is -0.860. The molecule has 2 heteroatoms. The summed E-state index contributed by atoms with van der Waals surface area (Å²) in [6.07, 6.45) is 2.39. The van der Waals surface area contributed by atoms with Crippen LogP contribution in [0.5, 0.6) is 0 Å². The predicted molar refractivity (Wildman–Crippen MR) is 77.7 cm³/mol. The van der Waals surface area contributed by atoms with Crippen molar-refractivity contribution in [2.75, 3.05) is 13.6 Å². The lowest BCUT2D eigenvalue weighted by molar-refractivity contribution is 0.0694. The molecule has 0 amide bonds. The molecule has 0 saturated heterocycles. The lowest BCUT2D eigenvalue weighted by Crippen LogP contribution is -2.54. The van der Waals surface area contributed by atoms with E-state index in [1.54, 1.807) is 0 Å². The first kappa shape index (κ1) is 13.6. The second kappa shape index (κ2) is 5.02. The summed E-state index contributed by atoms with van der Waals surface area (Å²) >= 11 is 0. The quantitative estimate of drug-likeness (QED) is 0.888. The van der Waals surface area contributed by atoms with Gasteiger partial charge in [-0.2, -0.15) is 0 Å². The minimum Gasteiger partial charge on any atom is -0.328 e. The maximum atomic E-state index is 6.20. The van der Waals surface area contributed by atoms with Crippen molar-refractivity contribution in [3.63, 3.8) is 0 Å². The van der Waals surface area contributed by atoms with Gasteiger partial charge in [0.2, 0.25) is 0 Å². The Morgan fingerprint density at radius 1 is 1.39 bits per heavy atom. The zero-order chi connectivity index (χ0) is 13.3. The van der Waals surface area contributed by atoms with Crippen LogP contribution >= 0.6 is 0 Å². The summed E-state index contributed by atoms with van der Waals surface area (Å²) in [5.41, 5.74) is 9.16. The molecule has 1 aliphatic rings. The molecule has 0 radical (unpaired) electrons. The van der Waals surface area contributed by atoms with Crippen molar-refractivity contribution >= 4 is 0 Å². The highest BCUT2D eigenvalue weighted by Crippen LogP contribution is 2.44. The monoisotopic (exact) mass is 246 g/mol. The van der Waals surface area contributed by atoms with Gasteiger partial charge in [-0.3, -0.25) is 4.90 Å². The molecule has 0 bridgehead atoms. The van der Waals surface area contributed by atoms with Gasteiger partial charge in [-0.25, -0.2) is 0 Å². The van der Waals surface area contributed by atoms with E-state index in [-0.39, 0.29) is 5.54 Å². The minimum absolute atomic E-state index is 0.0251. The van der Waals surface area contributed by atoms with Gasteiger partial charge in [0, 0.05) is 12.6 Å². The van der Waals surface area contributed by atoms with E-state index in [0.717, 1.165) is 6.42 Å². The third kappa shape index (κ3) is 1.98. The molecular weight excluding hydrogens is 220 g/mol. The number of likely N-dealkylation sites (N-methyl/N-ethyl adjacent to an activating group) is 1. The van der Waals surface area contributed by atoms with E-state index in [0.29, 0.717) is 18.5 Å². The second-order valence-corrected chi connectivity index (χ2v) is 5.97. The number of rotatable bonds is 3. The largest absolute Gasteiger partial charge is 0.328 e. The highest BCUT2D eigenvalue weighted by Gasteiger charge is 2.41. The van der Waals surface area contributed by atoms with Crippen molar-refractivity contribution in [3.8, 4) is 0 Å². The first-order valence-electron chi connectivity index (χ1n) is 7.05. The van der Waals surface area contributed by atoms with E-state index in [1.807, 2.05) is 0 Å². The van der Waals surface area contributed by atoms with Crippen molar-refractivity contribution in [1.29, 1.82) is 0 Å². The minimum atomic E-state index is 0.0251. The van der Waals surface area contributed by atoms with Gasteiger partial charge in [-0.15, -0.1) is 0 Å². The van der Waals surface area contributed by atoms with Gasteiger partial charge in [0.15, 0.2) is 0 Å². The average molecular weight is 246 g/mol. The summed E-state index contributed by atoms with van der Waals surface area (Å²) in [6.45, 7) is 7.52. The van der Waals surface area contributed by atoms with Gasteiger partial charge in [0.05, 0.1) is 5.54 Å². The zero-order valence-corrected chi connectivity index (χ0v) is 12.1. The van der Waals surface area contributed by atoms with Crippen LogP contribution in [0.1, 0.15) is 50.7 Å². The van der Waals surface area contributed by atoms with Crippen molar-refractivity contribution in [2.24, 2.45) is 5.73 Å². The summed E-state index contributed by atoms with van der Waals surface area (Å²) in [5, 5.41) is 0. The number of nitrogens with two attached hydrogens (primary N) is 1. The van der Waals surface area contributed by atoms with E-state index in [1.165, 1.54) is 17.5 Å². The summed E-state index contributed by atoms with van der Waals surface area (Å²) < 4.78 is 0. The lowest BCUT2D eigenvalue weighted by Gasteiger charge is -2.48. The molecule has 0 heterocycles. The van der Waals surface area contributed by atoms with E-state index < -0.39 is 0 Å². The molecule has 18 heavy (non-hydrogen) atoms. The van der Waals surface area contributed by atoms with Crippen LogP contribution in [0.15, 0.2) is 24.3 Å². The Bertz CT molecular complexity index is 413. The SMILES string of the molecule is CC1CCC(CN)(N(C)C(C)C)c2ccccc21. The Kier molecular flexibility index (Phi) is 3.79. The molecule has 1 aliphatic carbocycles. The normalized spacial score (nSPS) is 27.6.